The molecule has 0 saturated carbocycles. The van der Waals surface area contributed by atoms with Crippen LogP contribution in [0.5, 0.6) is 0 Å². The van der Waals surface area contributed by atoms with E-state index in [1.165, 1.54) is 0 Å². The molecule has 2 aliphatic heterocycles. The van der Waals surface area contributed by atoms with Crippen LogP contribution in [0.25, 0.3) is 11.2 Å². The summed E-state index contributed by atoms with van der Waals surface area (Å²) >= 11 is 0. The first-order valence-electron chi connectivity index (χ1n) is 9.49. The van der Waals surface area contributed by atoms with Gasteiger partial charge in [-0.25, -0.2) is 9.55 Å². The number of hydrogen-bond acceptors (Lipinski definition) is 13. The number of hydrogen-bond donors (Lipinski definition) is 9. The van der Waals surface area contributed by atoms with E-state index in [2.05, 4.69) is 19.5 Å². The molecule has 0 aliphatic carbocycles. The van der Waals surface area contributed by atoms with Gasteiger partial charge in [0.2, 0.25) is 5.95 Å². The number of aromatic amines is 1. The SMILES string of the molecule is Nc1nc2c(ncn2[C@@H]2O[C@H](COP(=O)(O)O)[C@@H](O)[C@]2(O)C2O[C@H](CO)[C@@H](O)[C@H]2O)c(=O)[nH]1. The summed E-state index contributed by atoms with van der Waals surface area (Å²) in [7, 11) is -5.00. The van der Waals surface area contributed by atoms with Crippen molar-refractivity contribution in [1.29, 1.82) is 0 Å². The van der Waals surface area contributed by atoms with Crippen molar-refractivity contribution >= 4 is 24.9 Å². The summed E-state index contributed by atoms with van der Waals surface area (Å²) in [6, 6.07) is 0. The number of rotatable bonds is 6. The number of nitrogens with two attached hydrogens (primary N) is 1. The van der Waals surface area contributed by atoms with E-state index in [4.69, 9.17) is 25.0 Å². The maximum Gasteiger partial charge on any atom is 0.469 e. The van der Waals surface area contributed by atoms with Crippen LogP contribution in [0.2, 0.25) is 0 Å². The number of H-pyrrole nitrogens is 1. The largest absolute Gasteiger partial charge is 0.469 e. The molecule has 10 N–H and O–H groups in total. The summed E-state index contributed by atoms with van der Waals surface area (Å²) in [5.74, 6) is -0.314. The number of aliphatic hydroxyl groups is 5. The van der Waals surface area contributed by atoms with E-state index in [1.807, 2.05) is 0 Å². The first kappa shape index (κ1) is 24.1. The van der Waals surface area contributed by atoms with Gasteiger partial charge in [0.1, 0.15) is 36.6 Å². The zero-order chi connectivity index (χ0) is 24.3. The predicted molar refractivity (Wildman–Crippen MR) is 103 cm³/mol. The fourth-order valence-corrected chi connectivity index (χ4v) is 4.43. The van der Waals surface area contributed by atoms with E-state index >= 15 is 0 Å². The number of aromatic nitrogens is 4. The number of nitrogen functional groups attached to an aromatic ring is 1. The van der Waals surface area contributed by atoms with Crippen molar-refractivity contribution < 1.29 is 53.9 Å². The maximum absolute atomic E-state index is 12.1. The molecule has 4 rings (SSSR count). The van der Waals surface area contributed by atoms with Crippen molar-refractivity contribution in [3.8, 4) is 0 Å². The summed E-state index contributed by atoms with van der Waals surface area (Å²) < 4.78 is 27.5. The van der Waals surface area contributed by atoms with Gasteiger partial charge in [0.25, 0.3) is 5.56 Å². The highest BCUT2D eigenvalue weighted by Crippen LogP contribution is 2.47. The quantitative estimate of drug-likeness (QED) is 0.170. The fourth-order valence-electron chi connectivity index (χ4n) is 4.09. The topological polar surface area (TPSA) is 276 Å². The lowest BCUT2D eigenvalue weighted by Crippen LogP contribution is -2.59. The number of anilines is 1. The van der Waals surface area contributed by atoms with Crippen LogP contribution in [-0.4, -0.2) is 110 Å². The molecule has 8 atom stereocenters. The zero-order valence-corrected chi connectivity index (χ0v) is 17.5. The minimum Gasteiger partial charge on any atom is -0.394 e. The molecule has 0 spiro atoms. The van der Waals surface area contributed by atoms with Crippen LogP contribution in [0.15, 0.2) is 11.1 Å². The van der Waals surface area contributed by atoms with Crippen molar-refractivity contribution in [2.45, 2.75) is 48.5 Å². The lowest BCUT2D eigenvalue weighted by Gasteiger charge is -2.37. The molecule has 0 bridgehead atoms. The fraction of sp³-hybridized carbons (Fsp3) is 0.667. The van der Waals surface area contributed by atoms with Gasteiger partial charge in [-0.15, -0.1) is 0 Å². The number of imidazole rings is 1. The summed E-state index contributed by atoms with van der Waals surface area (Å²) in [5, 5.41) is 52.5. The van der Waals surface area contributed by atoms with Crippen LogP contribution in [-0.2, 0) is 18.6 Å². The third kappa shape index (κ3) is 3.96. The molecule has 0 amide bonds. The Bertz CT molecular complexity index is 1140. The van der Waals surface area contributed by atoms with Gasteiger partial charge in [-0.05, 0) is 0 Å². The van der Waals surface area contributed by atoms with Crippen LogP contribution >= 0.6 is 7.82 Å². The molecule has 4 heterocycles. The van der Waals surface area contributed by atoms with Gasteiger partial charge >= 0.3 is 7.82 Å². The molecular formula is C15H22N5O12P. The molecular weight excluding hydrogens is 473 g/mol. The highest BCUT2D eigenvalue weighted by Gasteiger charge is 2.66. The molecule has 2 fully saturated rings. The van der Waals surface area contributed by atoms with Gasteiger partial charge in [0.15, 0.2) is 23.0 Å². The minimum atomic E-state index is -5.00. The molecule has 2 aromatic rings. The second-order valence-corrected chi connectivity index (χ2v) is 8.92. The number of ether oxygens (including phenoxy) is 2. The van der Waals surface area contributed by atoms with Gasteiger partial charge < -0.3 is 50.5 Å². The van der Waals surface area contributed by atoms with E-state index in [0.29, 0.717) is 0 Å². The van der Waals surface area contributed by atoms with Crippen LogP contribution < -0.4 is 11.3 Å². The molecule has 33 heavy (non-hydrogen) atoms. The number of phosphoric ester groups is 1. The van der Waals surface area contributed by atoms with E-state index in [1.54, 1.807) is 0 Å². The Hall–Kier alpha value is -2.02. The zero-order valence-electron chi connectivity index (χ0n) is 16.6. The van der Waals surface area contributed by atoms with Gasteiger partial charge in [0, 0.05) is 0 Å². The Kier molecular flexibility index (Phi) is 6.09. The smallest absolute Gasteiger partial charge is 0.394 e. The number of phosphoric acid groups is 1. The number of fused-ring (bicyclic) bond motifs is 1. The van der Waals surface area contributed by atoms with E-state index in [-0.39, 0.29) is 17.1 Å². The van der Waals surface area contributed by atoms with Crippen LogP contribution in [0.3, 0.4) is 0 Å². The first-order chi connectivity index (χ1) is 15.4. The van der Waals surface area contributed by atoms with Gasteiger partial charge in [0.05, 0.1) is 19.5 Å². The standard InChI is InChI=1S/C15H22N5O12P/c16-14-18-11-6(12(25)19-14)17-3-20(11)13-15(26,10-8(23)7(22)4(1-21)31-10)9(24)5(32-13)2-30-33(27,28)29/h3-5,7-10,13,21-24,26H,1-2H2,(H2,27,28,29)(H3,16,18,19,25)/t4-,5-,7-,8-,9-,10?,13-,15+/m1/s1. The van der Waals surface area contributed by atoms with Crippen molar-refractivity contribution in [3.05, 3.63) is 16.7 Å². The summed E-state index contributed by atoms with van der Waals surface area (Å²) in [6.45, 7) is -1.64. The first-order valence-corrected chi connectivity index (χ1v) is 11.0. The molecule has 18 heteroatoms. The molecule has 184 valence electrons. The third-order valence-corrected chi connectivity index (χ3v) is 6.12. The van der Waals surface area contributed by atoms with Gasteiger partial charge in [-0.2, -0.15) is 4.98 Å². The van der Waals surface area contributed by atoms with Crippen LogP contribution in [0.4, 0.5) is 5.95 Å². The van der Waals surface area contributed by atoms with Crippen molar-refractivity contribution in [2.24, 2.45) is 0 Å². The lowest BCUT2D eigenvalue weighted by molar-refractivity contribution is -0.200. The molecule has 2 saturated heterocycles. The Morgan fingerprint density at radius 3 is 2.55 bits per heavy atom. The van der Waals surface area contributed by atoms with Crippen molar-refractivity contribution in [2.75, 3.05) is 18.9 Å². The number of nitrogens with one attached hydrogen (secondary N) is 1. The number of nitrogens with zero attached hydrogens (tertiary/aromatic N) is 3. The van der Waals surface area contributed by atoms with Crippen LogP contribution in [0.1, 0.15) is 6.23 Å². The molecule has 17 nitrogen and oxygen atoms in total. The predicted octanol–water partition coefficient (Wildman–Crippen LogP) is -4.72. The van der Waals surface area contributed by atoms with E-state index < -0.39 is 75.0 Å². The second-order valence-electron chi connectivity index (χ2n) is 7.68. The maximum atomic E-state index is 12.1. The normalized spacial score (nSPS) is 37.2. The Morgan fingerprint density at radius 2 is 1.94 bits per heavy atom. The molecule has 2 aliphatic rings. The van der Waals surface area contributed by atoms with Gasteiger partial charge in [-0.1, -0.05) is 0 Å². The monoisotopic (exact) mass is 495 g/mol. The second kappa shape index (κ2) is 8.33. The van der Waals surface area contributed by atoms with Crippen LogP contribution in [0, 0.1) is 0 Å². The minimum absolute atomic E-state index is 0.199. The average Bonchev–Trinajstić information content (AvgIpc) is 3.35. The lowest BCUT2D eigenvalue weighted by atomic mass is 9.84. The molecule has 1 unspecified atom stereocenters. The van der Waals surface area contributed by atoms with E-state index in [0.717, 1.165) is 10.9 Å². The summed E-state index contributed by atoms with van der Waals surface area (Å²) in [5.41, 5.74) is 1.80. The Balaban J connectivity index is 1.81. The molecule has 0 aromatic carbocycles. The summed E-state index contributed by atoms with van der Waals surface area (Å²) in [6.07, 6.45) is -10.9. The highest BCUT2D eigenvalue weighted by molar-refractivity contribution is 7.46. The number of aliphatic hydroxyl groups excluding tert-OH is 4. The molecule has 2 aromatic heterocycles. The average molecular weight is 495 g/mol. The van der Waals surface area contributed by atoms with E-state index in [9.17, 15) is 34.9 Å². The summed E-state index contributed by atoms with van der Waals surface area (Å²) in [4.78, 5) is 40.1. The molecule has 0 radical (unpaired) electrons. The van der Waals surface area contributed by atoms with Crippen molar-refractivity contribution in [3.63, 3.8) is 0 Å². The highest BCUT2D eigenvalue weighted by atomic mass is 31.2. The van der Waals surface area contributed by atoms with Crippen molar-refractivity contribution in [1.82, 2.24) is 19.5 Å². The third-order valence-electron chi connectivity index (χ3n) is 5.63. The Morgan fingerprint density at radius 1 is 1.24 bits per heavy atom. The Labute approximate surface area is 183 Å². The van der Waals surface area contributed by atoms with Gasteiger partial charge in [-0.3, -0.25) is 18.9 Å².